The van der Waals surface area contributed by atoms with Crippen LogP contribution in [-0.2, 0) is 21.7 Å². The molecule has 0 radical (unpaired) electrons. The molecule has 1 atom stereocenters. The van der Waals surface area contributed by atoms with Crippen LogP contribution in [0.25, 0.3) is 0 Å². The fourth-order valence-corrected chi connectivity index (χ4v) is 3.67. The molecule has 0 heterocycles. The van der Waals surface area contributed by atoms with E-state index < -0.39 is 10.8 Å². The zero-order chi connectivity index (χ0) is 9.84. The molecule has 3 heteroatoms. The number of hydrogen-bond acceptors (Lipinski definition) is 1. The summed E-state index contributed by atoms with van der Waals surface area (Å²) in [6.07, 6.45) is 4.23. The molecule has 0 bridgehead atoms. The van der Waals surface area contributed by atoms with Gasteiger partial charge in [0.15, 0.2) is 5.08 Å². The van der Waals surface area contributed by atoms with Crippen molar-refractivity contribution in [2.45, 2.75) is 11.8 Å². The molecule has 0 aromatic heterocycles. The fourth-order valence-electron chi connectivity index (χ4n) is 0.972. The zero-order valence-corrected chi connectivity index (χ0v) is 9.87. The Morgan fingerprint density at radius 1 is 1.23 bits per heavy atom. The van der Waals surface area contributed by atoms with Gasteiger partial charge in [0.25, 0.3) is 0 Å². The van der Waals surface area contributed by atoms with Gasteiger partial charge in [0.2, 0.25) is 0 Å². The van der Waals surface area contributed by atoms with Crippen molar-refractivity contribution in [3.05, 3.63) is 29.8 Å². The molecule has 0 N–H and O–H groups in total. The van der Waals surface area contributed by atoms with E-state index in [1.54, 1.807) is 0 Å². The second kappa shape index (κ2) is 4.82. The van der Waals surface area contributed by atoms with Crippen LogP contribution in [0.3, 0.4) is 0 Å². The maximum Gasteiger partial charge on any atom is 0.185 e. The molecule has 0 saturated heterocycles. The molecule has 1 rings (SSSR count). The molecule has 72 valence electrons. The quantitative estimate of drug-likeness (QED) is 0.704. The van der Waals surface area contributed by atoms with Crippen LogP contribution in [0.5, 0.6) is 0 Å². The first kappa shape index (κ1) is 10.8. The lowest BCUT2D eigenvalue weighted by atomic mass is 10.2. The van der Waals surface area contributed by atoms with Gasteiger partial charge in [0, 0.05) is 4.90 Å². The smallest absolute Gasteiger partial charge is 0.185 e. The number of benzene rings is 1. The molecule has 0 amide bonds. The van der Waals surface area contributed by atoms with Crippen LogP contribution < -0.4 is 0 Å². The molecule has 0 aliphatic heterocycles. The maximum absolute atomic E-state index is 11.7. The molecule has 0 saturated carbocycles. The SMILES string of the molecule is Cc1ccc([S@](=O)C[S+](C)C)cc1. The van der Waals surface area contributed by atoms with Gasteiger partial charge in [-0.25, -0.2) is 4.21 Å². The Morgan fingerprint density at radius 2 is 1.77 bits per heavy atom. The summed E-state index contributed by atoms with van der Waals surface area (Å²) in [6.45, 7) is 2.04. The van der Waals surface area contributed by atoms with Crippen molar-refractivity contribution >= 4 is 21.7 Å². The topological polar surface area (TPSA) is 17.1 Å². The second-order valence-corrected chi connectivity index (χ2v) is 7.34. The largest absolute Gasteiger partial charge is 0.249 e. The molecule has 0 unspecified atom stereocenters. The van der Waals surface area contributed by atoms with E-state index in [2.05, 4.69) is 12.5 Å². The monoisotopic (exact) mass is 215 g/mol. The van der Waals surface area contributed by atoms with E-state index in [0.717, 1.165) is 9.98 Å². The predicted octanol–water partition coefficient (Wildman–Crippen LogP) is 1.94. The average Bonchev–Trinajstić information content (AvgIpc) is 2.04. The van der Waals surface area contributed by atoms with Gasteiger partial charge in [-0.2, -0.15) is 0 Å². The molecular weight excluding hydrogens is 200 g/mol. The third-order valence-corrected chi connectivity index (χ3v) is 5.17. The predicted molar refractivity (Wildman–Crippen MR) is 61.7 cm³/mol. The molecule has 13 heavy (non-hydrogen) atoms. The molecule has 0 spiro atoms. The van der Waals surface area contributed by atoms with Crippen molar-refractivity contribution in [3.8, 4) is 0 Å². The minimum absolute atomic E-state index is 0.248. The van der Waals surface area contributed by atoms with Gasteiger partial charge in [0.05, 0.1) is 12.5 Å². The van der Waals surface area contributed by atoms with Crippen molar-refractivity contribution < 1.29 is 4.21 Å². The Balaban J connectivity index is 2.72. The highest BCUT2D eigenvalue weighted by atomic mass is 32.3. The van der Waals surface area contributed by atoms with E-state index >= 15 is 0 Å². The Morgan fingerprint density at radius 3 is 2.23 bits per heavy atom. The highest BCUT2D eigenvalue weighted by molar-refractivity contribution is 8.07. The van der Waals surface area contributed by atoms with Crippen LogP contribution in [-0.4, -0.2) is 21.8 Å². The first-order valence-electron chi connectivity index (χ1n) is 4.09. The van der Waals surface area contributed by atoms with E-state index in [1.165, 1.54) is 5.56 Å². The lowest BCUT2D eigenvalue weighted by Gasteiger charge is -2.00. The van der Waals surface area contributed by atoms with Crippen molar-refractivity contribution in [1.82, 2.24) is 0 Å². The van der Waals surface area contributed by atoms with Gasteiger partial charge in [-0.3, -0.25) is 0 Å². The van der Waals surface area contributed by atoms with Crippen LogP contribution in [0.4, 0.5) is 0 Å². The summed E-state index contributed by atoms with van der Waals surface area (Å²) >= 11 is 0. The molecule has 1 aromatic carbocycles. The number of aryl methyl sites for hydroxylation is 1. The third kappa shape index (κ3) is 3.53. The van der Waals surface area contributed by atoms with Crippen LogP contribution in [0.15, 0.2) is 29.2 Å². The molecule has 0 fully saturated rings. The minimum atomic E-state index is -0.809. The van der Waals surface area contributed by atoms with Crippen molar-refractivity contribution in [3.63, 3.8) is 0 Å². The van der Waals surface area contributed by atoms with Crippen molar-refractivity contribution in [2.24, 2.45) is 0 Å². The van der Waals surface area contributed by atoms with Gasteiger partial charge in [-0.1, -0.05) is 17.7 Å². The molecular formula is C10H15OS2+. The highest BCUT2D eigenvalue weighted by Gasteiger charge is 2.11. The number of hydrogen-bond donors (Lipinski definition) is 0. The average molecular weight is 215 g/mol. The summed E-state index contributed by atoms with van der Waals surface area (Å²) in [5, 5.41) is 0.781. The van der Waals surface area contributed by atoms with Crippen LogP contribution in [0.2, 0.25) is 0 Å². The normalized spacial score (nSPS) is 13.2. The first-order chi connectivity index (χ1) is 6.09. The van der Waals surface area contributed by atoms with Gasteiger partial charge < -0.3 is 0 Å². The first-order valence-corrected chi connectivity index (χ1v) is 7.62. The summed E-state index contributed by atoms with van der Waals surface area (Å²) in [7, 11) is -0.561. The lowest BCUT2D eigenvalue weighted by molar-refractivity contribution is 0.686. The van der Waals surface area contributed by atoms with E-state index in [0.29, 0.717) is 0 Å². The maximum atomic E-state index is 11.7. The Bertz CT molecular complexity index is 290. The summed E-state index contributed by atoms with van der Waals surface area (Å²) in [5.41, 5.74) is 1.22. The van der Waals surface area contributed by atoms with Crippen molar-refractivity contribution in [2.75, 3.05) is 17.6 Å². The summed E-state index contributed by atoms with van der Waals surface area (Å²) in [6, 6.07) is 7.93. The van der Waals surface area contributed by atoms with E-state index in [1.807, 2.05) is 31.2 Å². The summed E-state index contributed by atoms with van der Waals surface area (Å²) < 4.78 is 11.7. The van der Waals surface area contributed by atoms with Crippen LogP contribution >= 0.6 is 0 Å². The molecule has 0 aliphatic carbocycles. The Labute approximate surface area is 85.4 Å². The summed E-state index contributed by atoms with van der Waals surface area (Å²) in [5.74, 6) is 0. The second-order valence-electron chi connectivity index (χ2n) is 3.26. The minimum Gasteiger partial charge on any atom is -0.249 e. The fraction of sp³-hybridized carbons (Fsp3) is 0.400. The lowest BCUT2D eigenvalue weighted by Crippen LogP contribution is -2.08. The molecule has 0 aliphatic rings. The molecule has 1 nitrogen and oxygen atoms in total. The highest BCUT2D eigenvalue weighted by Crippen LogP contribution is 2.09. The standard InChI is InChI=1S/C10H15OS2/c1-9-4-6-10(7-5-9)13(11)8-12(2)3/h4-7H,8H2,1-3H3/q+1/t13-/m1/s1. The van der Waals surface area contributed by atoms with Gasteiger partial charge in [-0.15, -0.1) is 0 Å². The van der Waals surface area contributed by atoms with Crippen LogP contribution in [0.1, 0.15) is 5.56 Å². The van der Waals surface area contributed by atoms with Gasteiger partial charge in [0.1, 0.15) is 10.8 Å². The Kier molecular flexibility index (Phi) is 4.00. The number of rotatable bonds is 3. The zero-order valence-electron chi connectivity index (χ0n) is 8.24. The van der Waals surface area contributed by atoms with E-state index in [4.69, 9.17) is 0 Å². The molecule has 1 aromatic rings. The summed E-state index contributed by atoms with van der Waals surface area (Å²) in [4.78, 5) is 0.951. The van der Waals surface area contributed by atoms with E-state index in [-0.39, 0.29) is 10.9 Å². The van der Waals surface area contributed by atoms with Crippen molar-refractivity contribution in [1.29, 1.82) is 0 Å². The van der Waals surface area contributed by atoms with E-state index in [9.17, 15) is 4.21 Å². The van der Waals surface area contributed by atoms with Gasteiger partial charge >= 0.3 is 0 Å². The van der Waals surface area contributed by atoms with Crippen LogP contribution in [0, 0.1) is 6.92 Å². The van der Waals surface area contributed by atoms with Gasteiger partial charge in [-0.05, 0) is 30.0 Å². The third-order valence-electron chi connectivity index (χ3n) is 1.63. The Hall–Kier alpha value is -0.280.